The van der Waals surface area contributed by atoms with Gasteiger partial charge in [0, 0.05) is 26.9 Å². The van der Waals surface area contributed by atoms with Crippen LogP contribution in [0.4, 0.5) is 17.1 Å². The highest BCUT2D eigenvalue weighted by Crippen LogP contribution is 2.66. The molecule has 0 bridgehead atoms. The molecule has 0 radical (unpaired) electrons. The smallest absolute Gasteiger partial charge is 0.0556 e. The van der Waals surface area contributed by atoms with E-state index in [-0.39, 0.29) is 10.8 Å². The summed E-state index contributed by atoms with van der Waals surface area (Å²) in [5.74, 6) is 0. The van der Waals surface area contributed by atoms with E-state index in [0.717, 1.165) is 0 Å². The maximum atomic E-state index is 2.55. The Bertz CT molecular complexity index is 2180. The Hall–Kier alpha value is -4.92. The maximum Gasteiger partial charge on any atom is 0.0556 e. The van der Waals surface area contributed by atoms with Crippen LogP contribution in [0.2, 0.25) is 0 Å². The number of hydrogen-bond acceptors (Lipinski definition) is 2. The maximum absolute atomic E-state index is 2.55. The van der Waals surface area contributed by atoms with Gasteiger partial charge in [-0.25, -0.2) is 0 Å². The van der Waals surface area contributed by atoms with Crippen molar-refractivity contribution in [1.29, 1.82) is 0 Å². The summed E-state index contributed by atoms with van der Waals surface area (Å²) < 4.78 is 1.33. The van der Waals surface area contributed by atoms with Crippen molar-refractivity contribution in [2.24, 2.45) is 0 Å². The van der Waals surface area contributed by atoms with E-state index >= 15 is 0 Å². The first-order chi connectivity index (χ1) is 22.4. The van der Waals surface area contributed by atoms with Crippen LogP contribution in [0.3, 0.4) is 0 Å². The Morgan fingerprint density at radius 2 is 1.00 bits per heavy atom. The first-order valence-corrected chi connectivity index (χ1v) is 17.1. The Balaban J connectivity index is 1.54. The summed E-state index contributed by atoms with van der Waals surface area (Å²) in [6, 6.07) is 49.5. The van der Waals surface area contributed by atoms with Gasteiger partial charge in [0.05, 0.1) is 5.69 Å². The fraction of sp³-hybridized carbons (Fsp3) is 0.136. The van der Waals surface area contributed by atoms with Gasteiger partial charge in [-0.3, -0.25) is 0 Å². The Labute approximate surface area is 275 Å². The summed E-state index contributed by atoms with van der Waals surface area (Å²) in [4.78, 5) is 2.55. The highest BCUT2D eigenvalue weighted by atomic mass is 32.1. The zero-order valence-corrected chi connectivity index (χ0v) is 27.5. The van der Waals surface area contributed by atoms with Crippen LogP contribution in [-0.4, -0.2) is 0 Å². The summed E-state index contributed by atoms with van der Waals surface area (Å²) in [5.41, 5.74) is 16.9. The van der Waals surface area contributed by atoms with Gasteiger partial charge >= 0.3 is 0 Å². The van der Waals surface area contributed by atoms with Crippen LogP contribution in [0, 0.1) is 0 Å². The predicted molar refractivity (Wildman–Crippen MR) is 197 cm³/mol. The quantitative estimate of drug-likeness (QED) is 0.192. The SMILES string of the molecule is CC1(C)c2ccccc2-c2c(-c3ccc4ccsc4c3)c3c(c(N(c4ccccc4)c4ccccc4)c21)C(C)(C)c1ccccc1-3. The van der Waals surface area contributed by atoms with Gasteiger partial charge in [-0.15, -0.1) is 11.3 Å². The fourth-order valence-corrected chi connectivity index (χ4v) is 9.27. The van der Waals surface area contributed by atoms with Gasteiger partial charge in [0.2, 0.25) is 0 Å². The molecule has 6 aromatic carbocycles. The van der Waals surface area contributed by atoms with Gasteiger partial charge in [-0.1, -0.05) is 125 Å². The van der Waals surface area contributed by atoms with Gasteiger partial charge in [0.1, 0.15) is 0 Å². The monoisotopic (exact) mass is 609 g/mol. The standard InChI is InChI=1S/C44H35NS/c1-43(2)34-21-13-11-19-32(34)38-37(29-24-23-28-25-26-46-36(28)27-29)39-33-20-12-14-22-35(33)44(3,4)41(39)42(40(38)43)45(30-15-7-5-8-16-30)31-17-9-6-10-18-31/h5-27H,1-4H3. The lowest BCUT2D eigenvalue weighted by Crippen LogP contribution is -2.26. The lowest BCUT2D eigenvalue weighted by atomic mass is 9.73. The third-order valence-corrected chi connectivity index (χ3v) is 11.3. The number of rotatable bonds is 4. The van der Waals surface area contributed by atoms with Crippen LogP contribution in [0.15, 0.2) is 139 Å². The van der Waals surface area contributed by atoms with E-state index < -0.39 is 0 Å². The summed E-state index contributed by atoms with van der Waals surface area (Å²) in [5, 5.41) is 3.51. The lowest BCUT2D eigenvalue weighted by Gasteiger charge is -2.38. The molecule has 2 aliphatic rings. The molecule has 7 aromatic rings. The molecule has 0 spiro atoms. The van der Waals surface area contributed by atoms with Crippen LogP contribution in [-0.2, 0) is 10.8 Å². The van der Waals surface area contributed by atoms with Gasteiger partial charge in [-0.2, -0.15) is 0 Å². The zero-order valence-electron chi connectivity index (χ0n) is 26.6. The number of para-hydroxylation sites is 2. The van der Waals surface area contributed by atoms with E-state index in [1.165, 1.54) is 82.8 Å². The zero-order chi connectivity index (χ0) is 31.2. The number of hydrogen-bond donors (Lipinski definition) is 0. The van der Waals surface area contributed by atoms with Gasteiger partial charge in [0.25, 0.3) is 0 Å². The van der Waals surface area contributed by atoms with E-state index in [2.05, 4.69) is 171 Å². The minimum Gasteiger partial charge on any atom is -0.310 e. The van der Waals surface area contributed by atoms with Crippen molar-refractivity contribution in [3.05, 3.63) is 161 Å². The number of anilines is 3. The normalized spacial score (nSPS) is 14.9. The molecule has 0 saturated heterocycles. The van der Waals surface area contributed by atoms with Crippen molar-refractivity contribution in [2.75, 3.05) is 4.90 Å². The largest absolute Gasteiger partial charge is 0.310 e. The van der Waals surface area contributed by atoms with Crippen LogP contribution >= 0.6 is 11.3 Å². The highest BCUT2D eigenvalue weighted by molar-refractivity contribution is 7.17. The van der Waals surface area contributed by atoms with E-state index in [1.807, 2.05) is 11.3 Å². The average Bonchev–Trinajstić information content (AvgIpc) is 3.72. The topological polar surface area (TPSA) is 3.24 Å². The fourth-order valence-electron chi connectivity index (χ4n) is 8.44. The molecule has 0 N–H and O–H groups in total. The molecular weight excluding hydrogens is 575 g/mol. The molecule has 222 valence electrons. The molecule has 2 heteroatoms. The summed E-state index contributed by atoms with van der Waals surface area (Å²) >= 11 is 1.83. The van der Waals surface area contributed by atoms with E-state index in [1.54, 1.807) is 0 Å². The molecule has 0 atom stereocenters. The highest BCUT2D eigenvalue weighted by Gasteiger charge is 2.48. The van der Waals surface area contributed by atoms with Crippen molar-refractivity contribution in [1.82, 2.24) is 0 Å². The lowest BCUT2D eigenvalue weighted by molar-refractivity contribution is 0.640. The molecule has 1 heterocycles. The van der Waals surface area contributed by atoms with E-state index in [9.17, 15) is 0 Å². The second kappa shape index (κ2) is 9.79. The molecule has 46 heavy (non-hydrogen) atoms. The average molecular weight is 610 g/mol. The predicted octanol–water partition coefficient (Wildman–Crippen LogP) is 12.7. The minimum atomic E-state index is -0.231. The van der Waals surface area contributed by atoms with Crippen molar-refractivity contribution >= 4 is 38.5 Å². The molecule has 2 aliphatic carbocycles. The van der Waals surface area contributed by atoms with Crippen molar-refractivity contribution in [3.63, 3.8) is 0 Å². The van der Waals surface area contributed by atoms with Crippen molar-refractivity contribution < 1.29 is 0 Å². The number of thiophene rings is 1. The Morgan fingerprint density at radius 3 is 1.54 bits per heavy atom. The summed E-state index contributed by atoms with van der Waals surface area (Å²) in [6.45, 7) is 9.73. The molecule has 0 aliphatic heterocycles. The molecule has 1 aromatic heterocycles. The first-order valence-electron chi connectivity index (χ1n) is 16.2. The van der Waals surface area contributed by atoms with Gasteiger partial charge < -0.3 is 4.90 Å². The second-order valence-electron chi connectivity index (χ2n) is 13.7. The summed E-state index contributed by atoms with van der Waals surface area (Å²) in [6.07, 6.45) is 0. The third-order valence-electron chi connectivity index (χ3n) is 10.5. The van der Waals surface area contributed by atoms with Gasteiger partial charge in [0.15, 0.2) is 0 Å². The Morgan fingerprint density at radius 1 is 0.500 bits per heavy atom. The summed E-state index contributed by atoms with van der Waals surface area (Å²) in [7, 11) is 0. The van der Waals surface area contributed by atoms with E-state index in [4.69, 9.17) is 0 Å². The number of nitrogens with zero attached hydrogens (tertiary/aromatic N) is 1. The molecule has 0 fully saturated rings. The van der Waals surface area contributed by atoms with Crippen LogP contribution in [0.25, 0.3) is 43.5 Å². The molecule has 1 nitrogen and oxygen atoms in total. The molecule has 0 amide bonds. The van der Waals surface area contributed by atoms with Gasteiger partial charge in [-0.05, 0) is 103 Å². The van der Waals surface area contributed by atoms with Crippen molar-refractivity contribution in [3.8, 4) is 33.4 Å². The molecule has 9 rings (SSSR count). The van der Waals surface area contributed by atoms with Crippen LogP contribution < -0.4 is 4.90 Å². The molecule has 0 unspecified atom stereocenters. The first kappa shape index (κ1) is 27.4. The number of fused-ring (bicyclic) bond motifs is 7. The Kier molecular flexibility index (Phi) is 5.83. The van der Waals surface area contributed by atoms with E-state index in [0.29, 0.717) is 0 Å². The van der Waals surface area contributed by atoms with Crippen molar-refractivity contribution in [2.45, 2.75) is 38.5 Å². The second-order valence-corrected chi connectivity index (χ2v) is 14.7. The number of benzene rings is 6. The molecule has 0 saturated carbocycles. The minimum absolute atomic E-state index is 0.231. The third kappa shape index (κ3) is 3.68. The molecular formula is C44H35NS. The van der Waals surface area contributed by atoms with Crippen LogP contribution in [0.5, 0.6) is 0 Å². The van der Waals surface area contributed by atoms with Crippen LogP contribution in [0.1, 0.15) is 49.9 Å².